The van der Waals surface area contributed by atoms with E-state index in [0.717, 1.165) is 38.5 Å². The first kappa shape index (κ1) is 20.7. The van der Waals surface area contributed by atoms with Gasteiger partial charge in [-0.05, 0) is 98.4 Å². The molecule has 0 heterocycles. The van der Waals surface area contributed by atoms with Crippen molar-refractivity contribution in [1.29, 1.82) is 0 Å². The van der Waals surface area contributed by atoms with Gasteiger partial charge in [-0.1, -0.05) is 13.8 Å². The zero-order chi connectivity index (χ0) is 22.0. The molecule has 6 fully saturated rings. The fourth-order valence-corrected chi connectivity index (χ4v) is 9.91. The highest BCUT2D eigenvalue weighted by Crippen LogP contribution is 2.81. The van der Waals surface area contributed by atoms with Crippen LogP contribution in [-0.2, 0) is 9.53 Å². The maximum absolute atomic E-state index is 12.0. The summed E-state index contributed by atoms with van der Waals surface area (Å²) in [7, 11) is 0. The van der Waals surface area contributed by atoms with Crippen LogP contribution in [0.3, 0.4) is 0 Å². The maximum Gasteiger partial charge on any atom is 0.330 e. The Hall–Kier alpha value is -0.910. The highest BCUT2D eigenvalue weighted by atomic mass is 16.5. The van der Waals surface area contributed by atoms with Crippen LogP contribution in [0.15, 0.2) is 12.2 Å². The maximum atomic E-state index is 12.0. The van der Waals surface area contributed by atoms with Crippen LogP contribution in [0.1, 0.15) is 65.7 Å². The van der Waals surface area contributed by atoms with Gasteiger partial charge < -0.3 is 20.1 Å². The molecule has 12 atom stereocenters. The van der Waals surface area contributed by atoms with Crippen LogP contribution >= 0.6 is 0 Å². The Morgan fingerprint density at radius 2 is 1.74 bits per heavy atom. The van der Waals surface area contributed by atoms with Crippen molar-refractivity contribution in [2.24, 2.45) is 52.3 Å². The third-order valence-corrected chi connectivity index (χ3v) is 11.4. The number of aliphatic hydroxyl groups is 3. The fourth-order valence-electron chi connectivity index (χ4n) is 9.91. The first-order valence-electron chi connectivity index (χ1n) is 12.6. The molecular weight excluding hydrogens is 392 g/mol. The van der Waals surface area contributed by atoms with E-state index in [0.29, 0.717) is 48.5 Å². The van der Waals surface area contributed by atoms with E-state index in [1.807, 2.05) is 0 Å². The van der Waals surface area contributed by atoms with E-state index in [2.05, 4.69) is 13.8 Å². The number of carbonyl (C=O) groups excluding carboxylic acids is 1. The molecule has 172 valence electrons. The number of hydrogen-bond acceptors (Lipinski definition) is 5. The third-order valence-electron chi connectivity index (χ3n) is 11.4. The first-order valence-corrected chi connectivity index (χ1v) is 12.6. The van der Waals surface area contributed by atoms with Crippen LogP contribution < -0.4 is 0 Å². The summed E-state index contributed by atoms with van der Waals surface area (Å²) in [6, 6.07) is 0. The highest BCUT2D eigenvalue weighted by molar-refractivity contribution is 5.82. The summed E-state index contributed by atoms with van der Waals surface area (Å²) in [5, 5.41) is 34.2. The third kappa shape index (κ3) is 2.36. The number of aliphatic hydroxyl groups excluding tert-OH is 1. The fraction of sp³-hybridized carbons (Fsp3) is 0.885. The van der Waals surface area contributed by atoms with Gasteiger partial charge in [0.1, 0.15) is 0 Å². The van der Waals surface area contributed by atoms with Crippen LogP contribution in [0.25, 0.3) is 0 Å². The van der Waals surface area contributed by atoms with Gasteiger partial charge in [0.05, 0.1) is 23.9 Å². The average Bonchev–Trinajstić information content (AvgIpc) is 3.61. The van der Waals surface area contributed by atoms with Crippen LogP contribution in [0.2, 0.25) is 0 Å². The number of rotatable bonds is 3. The van der Waals surface area contributed by atoms with Gasteiger partial charge in [-0.2, -0.15) is 0 Å². The minimum atomic E-state index is -0.943. The van der Waals surface area contributed by atoms with Gasteiger partial charge in [0.2, 0.25) is 0 Å². The first-order chi connectivity index (χ1) is 14.6. The quantitative estimate of drug-likeness (QED) is 0.473. The molecule has 5 nitrogen and oxygen atoms in total. The molecule has 0 radical (unpaired) electrons. The smallest absolute Gasteiger partial charge is 0.330 e. The van der Waals surface area contributed by atoms with Crippen molar-refractivity contribution in [3.8, 4) is 0 Å². The van der Waals surface area contributed by atoms with Gasteiger partial charge in [0.15, 0.2) is 0 Å². The average molecular weight is 431 g/mol. The Kier molecular flexibility index (Phi) is 4.10. The molecule has 3 N–H and O–H groups in total. The number of esters is 1. The SMILES string of the molecule is CCOC(=O)C=C[C@]1(O)[C@H]2C[C@H]2C2C3C(CC[C@@]21C)[C@@]1(C)CC[C@H](O)C[C@@]1(O)[C@@H]1C[C@H]31. The summed E-state index contributed by atoms with van der Waals surface area (Å²) in [4.78, 5) is 12.0. The van der Waals surface area contributed by atoms with Crippen molar-refractivity contribution in [2.75, 3.05) is 6.61 Å². The predicted molar refractivity (Wildman–Crippen MR) is 115 cm³/mol. The van der Waals surface area contributed by atoms with E-state index < -0.39 is 11.2 Å². The van der Waals surface area contributed by atoms with Crippen molar-refractivity contribution in [2.45, 2.75) is 83.0 Å². The Balaban J connectivity index is 1.35. The van der Waals surface area contributed by atoms with Crippen LogP contribution in [-0.4, -0.2) is 45.2 Å². The minimum Gasteiger partial charge on any atom is -0.463 e. The van der Waals surface area contributed by atoms with Gasteiger partial charge in [-0.15, -0.1) is 0 Å². The van der Waals surface area contributed by atoms with Crippen LogP contribution in [0.4, 0.5) is 0 Å². The van der Waals surface area contributed by atoms with Crippen molar-refractivity contribution >= 4 is 5.97 Å². The lowest BCUT2D eigenvalue weighted by Gasteiger charge is -2.64. The number of fused-ring (bicyclic) bond motifs is 10. The van der Waals surface area contributed by atoms with E-state index in [1.165, 1.54) is 6.08 Å². The Morgan fingerprint density at radius 3 is 2.48 bits per heavy atom. The molecule has 6 saturated carbocycles. The lowest BCUT2D eigenvalue weighted by Crippen LogP contribution is -2.65. The molecule has 0 aliphatic heterocycles. The summed E-state index contributed by atoms with van der Waals surface area (Å²) >= 11 is 0. The van der Waals surface area contributed by atoms with Gasteiger partial charge in [0.25, 0.3) is 0 Å². The van der Waals surface area contributed by atoms with Crippen LogP contribution in [0, 0.1) is 52.3 Å². The standard InChI is InChI=1S/C26H38O5/c1-4-31-20(28)7-10-25(29)19-12-16(19)22-21-15-11-18(15)26(30)13-14(27)5-8-23(26,2)17(21)6-9-24(22,25)3/h7,10,14-19,21-22,27,29-30H,4-6,8-9,11-13H2,1-3H3/t14-,15-,16+,17?,18+,19-,21?,22?,23+,24-,25-,26+/m0/s1. The lowest BCUT2D eigenvalue weighted by molar-refractivity contribution is -0.233. The molecule has 0 aromatic carbocycles. The summed E-state index contributed by atoms with van der Waals surface area (Å²) in [6.45, 7) is 6.71. The summed E-state index contributed by atoms with van der Waals surface area (Å²) in [6.07, 6.45) is 9.16. The molecule has 0 amide bonds. The topological polar surface area (TPSA) is 87.0 Å². The van der Waals surface area contributed by atoms with Gasteiger partial charge in [-0.25, -0.2) is 4.79 Å². The van der Waals surface area contributed by atoms with Crippen molar-refractivity contribution < 1.29 is 24.9 Å². The second kappa shape index (κ2) is 6.15. The molecule has 31 heavy (non-hydrogen) atoms. The molecule has 0 saturated heterocycles. The molecule has 5 heteroatoms. The van der Waals surface area contributed by atoms with E-state index in [1.54, 1.807) is 13.0 Å². The highest BCUT2D eigenvalue weighted by Gasteiger charge is 2.80. The zero-order valence-electron chi connectivity index (χ0n) is 19.1. The second-order valence-corrected chi connectivity index (χ2v) is 12.3. The summed E-state index contributed by atoms with van der Waals surface area (Å²) in [5.74, 6) is 2.69. The van der Waals surface area contributed by atoms with Gasteiger partial charge in [0, 0.05) is 17.9 Å². The van der Waals surface area contributed by atoms with E-state index in [4.69, 9.17) is 4.74 Å². The molecule has 3 unspecified atom stereocenters. The molecule has 6 rings (SSSR count). The molecule has 6 aliphatic carbocycles. The van der Waals surface area contributed by atoms with Crippen molar-refractivity contribution in [3.05, 3.63) is 12.2 Å². The minimum absolute atomic E-state index is 0.137. The van der Waals surface area contributed by atoms with Crippen molar-refractivity contribution in [1.82, 2.24) is 0 Å². The molecule has 0 spiro atoms. The second-order valence-electron chi connectivity index (χ2n) is 12.3. The van der Waals surface area contributed by atoms with Crippen LogP contribution in [0.5, 0.6) is 0 Å². The molecule has 0 aromatic heterocycles. The van der Waals surface area contributed by atoms with E-state index in [-0.39, 0.29) is 28.8 Å². The molecule has 0 aromatic rings. The molecular formula is C26H38O5. The predicted octanol–water partition coefficient (Wildman–Crippen LogP) is 3.07. The molecule has 6 aliphatic rings. The Morgan fingerprint density at radius 1 is 1.03 bits per heavy atom. The molecule has 0 bridgehead atoms. The largest absolute Gasteiger partial charge is 0.463 e. The number of ether oxygens (including phenoxy) is 1. The zero-order valence-corrected chi connectivity index (χ0v) is 19.1. The summed E-state index contributed by atoms with van der Waals surface area (Å²) in [5.41, 5.74) is -2.03. The van der Waals surface area contributed by atoms with E-state index >= 15 is 0 Å². The summed E-state index contributed by atoms with van der Waals surface area (Å²) < 4.78 is 5.08. The number of carbonyl (C=O) groups is 1. The monoisotopic (exact) mass is 430 g/mol. The lowest BCUT2D eigenvalue weighted by atomic mass is 9.42. The number of hydrogen-bond donors (Lipinski definition) is 3. The Labute approximate surface area is 185 Å². The Bertz CT molecular complexity index is 840. The van der Waals surface area contributed by atoms with Gasteiger partial charge >= 0.3 is 5.97 Å². The van der Waals surface area contributed by atoms with Crippen molar-refractivity contribution in [3.63, 3.8) is 0 Å². The van der Waals surface area contributed by atoms with E-state index in [9.17, 15) is 20.1 Å². The van der Waals surface area contributed by atoms with Gasteiger partial charge in [-0.3, -0.25) is 0 Å². The normalized spacial score (nSPS) is 61.0.